The molecule has 4 aromatic rings. The van der Waals surface area contributed by atoms with Gasteiger partial charge in [0.25, 0.3) is 5.56 Å². The number of nitrogens with zero attached hydrogens (tertiary/aromatic N) is 1. The third-order valence-corrected chi connectivity index (χ3v) is 5.83. The molecule has 1 unspecified atom stereocenters. The summed E-state index contributed by atoms with van der Waals surface area (Å²) < 4.78 is 32.2. The summed E-state index contributed by atoms with van der Waals surface area (Å²) in [5.74, 6) is 1.43. The van der Waals surface area contributed by atoms with Crippen LogP contribution in [0.15, 0.2) is 57.9 Å². The van der Waals surface area contributed by atoms with Crippen LogP contribution in [-0.4, -0.2) is 13.3 Å². The lowest BCUT2D eigenvalue weighted by molar-refractivity contribution is 0.522. The second-order valence-electron chi connectivity index (χ2n) is 7.55. The number of rotatable bonds is 5. The van der Waals surface area contributed by atoms with Gasteiger partial charge in [0.15, 0.2) is 0 Å². The van der Waals surface area contributed by atoms with E-state index in [9.17, 15) is 13.6 Å². The highest BCUT2D eigenvalue weighted by atomic mass is 32.2. The van der Waals surface area contributed by atoms with Crippen molar-refractivity contribution in [3.8, 4) is 11.1 Å². The van der Waals surface area contributed by atoms with E-state index in [1.54, 1.807) is 11.6 Å². The first-order chi connectivity index (χ1) is 14.0. The molecule has 5 rings (SSSR count). The second kappa shape index (κ2) is 6.95. The summed E-state index contributed by atoms with van der Waals surface area (Å²) in [4.78, 5) is 12.6. The van der Waals surface area contributed by atoms with Gasteiger partial charge in [-0.2, -0.15) is 0 Å². The standard InChI is InChI=1S/C22H20N2O4S/c1-24-12-19(16-4-2-3-5-17(16)22(24)25)18-9-13(11-23-29(26)27)8-15-10-20(14-6-7-14)28-21(15)18/h2-5,8-10,12,14,23H,6-7,11H2,1H3,(H,26,27)/p-1. The molecular formula is C22H19N2O4S-. The molecular weight excluding hydrogens is 388 g/mol. The summed E-state index contributed by atoms with van der Waals surface area (Å²) in [6, 6.07) is 13.5. The minimum atomic E-state index is -2.34. The third-order valence-electron chi connectivity index (χ3n) is 5.45. The Bertz CT molecular complexity index is 1330. The van der Waals surface area contributed by atoms with Gasteiger partial charge < -0.3 is 13.5 Å². The summed E-state index contributed by atoms with van der Waals surface area (Å²) in [6.45, 7) is 0.187. The summed E-state index contributed by atoms with van der Waals surface area (Å²) in [6.07, 6.45) is 4.07. The van der Waals surface area contributed by atoms with Crippen LogP contribution in [0.2, 0.25) is 0 Å². The zero-order valence-electron chi connectivity index (χ0n) is 15.8. The van der Waals surface area contributed by atoms with E-state index in [1.807, 2.05) is 42.6 Å². The number of pyridine rings is 1. The number of fused-ring (bicyclic) bond motifs is 2. The predicted molar refractivity (Wildman–Crippen MR) is 112 cm³/mol. The van der Waals surface area contributed by atoms with Crippen molar-refractivity contribution in [3.63, 3.8) is 0 Å². The molecule has 6 nitrogen and oxygen atoms in total. The van der Waals surface area contributed by atoms with Gasteiger partial charge in [0.05, 0.1) is 0 Å². The van der Waals surface area contributed by atoms with Crippen molar-refractivity contribution in [1.29, 1.82) is 0 Å². The van der Waals surface area contributed by atoms with Crippen molar-refractivity contribution in [2.45, 2.75) is 25.3 Å². The SMILES string of the molecule is Cn1cc(-c2cc(CNS(=O)[O-])cc3cc(C4CC4)oc23)c2ccccc2c1=O. The highest BCUT2D eigenvalue weighted by Crippen LogP contribution is 2.44. The Balaban J connectivity index is 1.79. The largest absolute Gasteiger partial charge is 0.760 e. The van der Waals surface area contributed by atoms with E-state index in [-0.39, 0.29) is 12.1 Å². The predicted octanol–water partition coefficient (Wildman–Crippen LogP) is 3.71. The zero-order valence-corrected chi connectivity index (χ0v) is 16.6. The topological polar surface area (TPSA) is 87.3 Å². The lowest BCUT2D eigenvalue weighted by Gasteiger charge is -2.13. The van der Waals surface area contributed by atoms with Crippen LogP contribution in [0.1, 0.15) is 30.1 Å². The van der Waals surface area contributed by atoms with Crippen LogP contribution in [0, 0.1) is 0 Å². The Morgan fingerprint density at radius 3 is 2.66 bits per heavy atom. The number of furan rings is 1. The van der Waals surface area contributed by atoms with E-state index < -0.39 is 11.3 Å². The first-order valence-corrected chi connectivity index (χ1v) is 10.6. The molecule has 1 atom stereocenters. The first kappa shape index (κ1) is 18.3. The van der Waals surface area contributed by atoms with Crippen molar-refractivity contribution in [2.75, 3.05) is 0 Å². The average Bonchev–Trinajstić information content (AvgIpc) is 3.48. The molecule has 1 aliphatic rings. The lowest BCUT2D eigenvalue weighted by Crippen LogP contribution is -2.17. The molecule has 0 radical (unpaired) electrons. The Morgan fingerprint density at radius 1 is 1.17 bits per heavy atom. The summed E-state index contributed by atoms with van der Waals surface area (Å²) in [7, 11) is 1.74. The fourth-order valence-corrected chi connectivity index (χ4v) is 4.16. The Hall–Kier alpha value is -2.74. The van der Waals surface area contributed by atoms with Gasteiger partial charge in [-0.05, 0) is 48.1 Å². The van der Waals surface area contributed by atoms with Gasteiger partial charge in [-0.1, -0.05) is 18.2 Å². The quantitative estimate of drug-likeness (QED) is 0.511. The molecule has 0 saturated heterocycles. The lowest BCUT2D eigenvalue weighted by atomic mass is 9.97. The number of nitrogens with one attached hydrogen (secondary N) is 1. The van der Waals surface area contributed by atoms with Crippen LogP contribution < -0.4 is 10.3 Å². The van der Waals surface area contributed by atoms with Gasteiger partial charge in [0.1, 0.15) is 11.3 Å². The van der Waals surface area contributed by atoms with Gasteiger partial charge in [-0.15, -0.1) is 0 Å². The van der Waals surface area contributed by atoms with Crippen molar-refractivity contribution in [1.82, 2.24) is 9.29 Å². The molecule has 0 bridgehead atoms. The molecule has 1 fully saturated rings. The molecule has 1 saturated carbocycles. The van der Waals surface area contributed by atoms with Crippen molar-refractivity contribution in [3.05, 3.63) is 70.3 Å². The maximum atomic E-state index is 12.6. The number of aromatic nitrogens is 1. The van der Waals surface area contributed by atoms with Crippen LogP contribution >= 0.6 is 0 Å². The molecule has 0 spiro atoms. The van der Waals surface area contributed by atoms with Crippen molar-refractivity contribution in [2.24, 2.45) is 7.05 Å². The Morgan fingerprint density at radius 2 is 1.93 bits per heavy atom. The summed E-state index contributed by atoms with van der Waals surface area (Å²) >= 11 is -2.34. The number of benzene rings is 2. The molecule has 1 N–H and O–H groups in total. The molecule has 148 valence electrons. The Kier molecular flexibility index (Phi) is 4.38. The second-order valence-corrected chi connectivity index (χ2v) is 8.30. The van der Waals surface area contributed by atoms with Crippen LogP contribution in [0.25, 0.3) is 32.9 Å². The maximum Gasteiger partial charge on any atom is 0.258 e. The zero-order chi connectivity index (χ0) is 20.1. The van der Waals surface area contributed by atoms with Gasteiger partial charge >= 0.3 is 0 Å². The molecule has 0 amide bonds. The van der Waals surface area contributed by atoms with E-state index in [1.165, 1.54) is 0 Å². The molecule has 0 aliphatic heterocycles. The molecule has 1 aliphatic carbocycles. The van der Waals surface area contributed by atoms with Crippen molar-refractivity contribution < 1.29 is 13.2 Å². The summed E-state index contributed by atoms with van der Waals surface area (Å²) in [5.41, 5.74) is 3.28. The fourth-order valence-electron chi connectivity index (χ4n) is 3.88. The number of aryl methyl sites for hydroxylation is 1. The minimum absolute atomic E-state index is 0.0571. The average molecular weight is 407 g/mol. The van der Waals surface area contributed by atoms with E-state index >= 15 is 0 Å². The van der Waals surface area contributed by atoms with Gasteiger partial charge in [0, 0.05) is 58.9 Å². The highest BCUT2D eigenvalue weighted by Gasteiger charge is 2.28. The van der Waals surface area contributed by atoms with Gasteiger partial charge in [-0.25, -0.2) is 4.72 Å². The maximum absolute atomic E-state index is 12.6. The first-order valence-electron chi connectivity index (χ1n) is 9.49. The van der Waals surface area contributed by atoms with E-state index in [0.717, 1.165) is 51.6 Å². The van der Waals surface area contributed by atoms with Gasteiger partial charge in [-0.3, -0.25) is 9.00 Å². The van der Waals surface area contributed by atoms with Crippen LogP contribution in [0.4, 0.5) is 0 Å². The summed E-state index contributed by atoms with van der Waals surface area (Å²) in [5, 5.41) is 2.42. The van der Waals surface area contributed by atoms with Crippen LogP contribution in [-0.2, 0) is 24.9 Å². The normalized spacial score (nSPS) is 15.2. The molecule has 7 heteroatoms. The number of hydrogen-bond donors (Lipinski definition) is 1. The van der Waals surface area contributed by atoms with Crippen molar-refractivity contribution >= 4 is 33.0 Å². The third kappa shape index (κ3) is 3.31. The molecule has 2 aromatic heterocycles. The van der Waals surface area contributed by atoms with Gasteiger partial charge in [0.2, 0.25) is 0 Å². The smallest absolute Gasteiger partial charge is 0.258 e. The molecule has 29 heavy (non-hydrogen) atoms. The fraction of sp³-hybridized carbons (Fsp3) is 0.227. The van der Waals surface area contributed by atoms with E-state index in [2.05, 4.69) is 10.8 Å². The molecule has 2 heterocycles. The van der Waals surface area contributed by atoms with Crippen LogP contribution in [0.5, 0.6) is 0 Å². The number of hydrogen-bond acceptors (Lipinski definition) is 4. The highest BCUT2D eigenvalue weighted by molar-refractivity contribution is 7.77. The minimum Gasteiger partial charge on any atom is -0.760 e. The monoisotopic (exact) mass is 407 g/mol. The molecule has 2 aromatic carbocycles. The van der Waals surface area contributed by atoms with E-state index in [0.29, 0.717) is 11.3 Å². The van der Waals surface area contributed by atoms with Crippen LogP contribution in [0.3, 0.4) is 0 Å². The van der Waals surface area contributed by atoms with E-state index in [4.69, 9.17) is 4.42 Å². The Labute approximate surface area is 169 Å².